The number of nitrogens with zero attached hydrogens (tertiary/aromatic N) is 2. The van der Waals surface area contributed by atoms with Gasteiger partial charge >= 0.3 is 12.3 Å². The summed E-state index contributed by atoms with van der Waals surface area (Å²) < 4.78 is 41.4. The first-order valence-corrected chi connectivity index (χ1v) is 11.0. The Kier molecular flexibility index (Phi) is 6.55. The zero-order valence-electron chi connectivity index (χ0n) is 18.0. The molecule has 1 unspecified atom stereocenters. The Balaban J connectivity index is 1.58. The van der Waals surface area contributed by atoms with Gasteiger partial charge in [0.1, 0.15) is 5.75 Å². The molecular formula is C23H27F3N4O3. The number of carboxylic acid groups (broad SMARTS) is 1. The molecule has 2 aromatic rings. The maximum atomic E-state index is 12.5. The molecule has 1 heterocycles. The first kappa shape index (κ1) is 23.0. The number of aliphatic carboxylic acids is 1. The third-order valence-electron chi connectivity index (χ3n) is 6.11. The number of hydrogen-bond donors (Lipinski definition) is 3. The maximum Gasteiger partial charge on any atom is 0.573 e. The molecule has 0 aromatic heterocycles. The second-order valence-electron chi connectivity index (χ2n) is 8.41. The smallest absolute Gasteiger partial charge is 0.481 e. The van der Waals surface area contributed by atoms with Gasteiger partial charge in [0.25, 0.3) is 0 Å². The Morgan fingerprint density at radius 1 is 1.15 bits per heavy atom. The number of alkyl halides is 3. The predicted octanol–water partition coefficient (Wildman–Crippen LogP) is 4.83. The van der Waals surface area contributed by atoms with Gasteiger partial charge in [0.15, 0.2) is 6.29 Å². The SMILES string of the molecule is NN(c1ccc(OC(F)(F)F)cc1)C1Nc2cc(CCC(=O)O)ccc2N1C1CCCCC1. The van der Waals surface area contributed by atoms with Crippen LogP contribution in [-0.2, 0) is 11.2 Å². The molecule has 2 aromatic carbocycles. The monoisotopic (exact) mass is 464 g/mol. The molecule has 0 amide bonds. The third kappa shape index (κ3) is 5.44. The summed E-state index contributed by atoms with van der Waals surface area (Å²) in [6.07, 6.45) is 0.740. The zero-order valence-corrected chi connectivity index (χ0v) is 18.0. The van der Waals surface area contributed by atoms with Crippen LogP contribution in [-0.4, -0.2) is 29.8 Å². The Labute approximate surface area is 189 Å². The molecule has 0 spiro atoms. The summed E-state index contributed by atoms with van der Waals surface area (Å²) in [6, 6.07) is 11.6. The summed E-state index contributed by atoms with van der Waals surface area (Å²) in [5.74, 6) is 5.32. The van der Waals surface area contributed by atoms with Gasteiger partial charge in [0.2, 0.25) is 0 Å². The van der Waals surface area contributed by atoms with E-state index in [-0.39, 0.29) is 18.2 Å². The van der Waals surface area contributed by atoms with Gasteiger partial charge in [-0.3, -0.25) is 9.80 Å². The predicted molar refractivity (Wildman–Crippen MR) is 119 cm³/mol. The highest BCUT2D eigenvalue weighted by Gasteiger charge is 2.38. The van der Waals surface area contributed by atoms with E-state index in [1.807, 2.05) is 18.2 Å². The summed E-state index contributed by atoms with van der Waals surface area (Å²) in [4.78, 5) is 13.2. The molecule has 1 atom stereocenters. The highest BCUT2D eigenvalue weighted by Crippen LogP contribution is 2.41. The van der Waals surface area contributed by atoms with Crippen molar-refractivity contribution in [2.45, 2.75) is 63.6 Å². The van der Waals surface area contributed by atoms with Crippen LogP contribution in [0.5, 0.6) is 5.75 Å². The molecule has 178 valence electrons. The van der Waals surface area contributed by atoms with Gasteiger partial charge in [-0.1, -0.05) is 25.3 Å². The first-order chi connectivity index (χ1) is 15.7. The number of halogens is 3. The van der Waals surface area contributed by atoms with Crippen LogP contribution in [0.3, 0.4) is 0 Å². The topological polar surface area (TPSA) is 91.1 Å². The molecule has 1 fully saturated rings. The number of nitrogens with two attached hydrogens (primary N) is 1. The second-order valence-corrected chi connectivity index (χ2v) is 8.41. The van der Waals surface area contributed by atoms with Gasteiger partial charge in [-0.15, -0.1) is 13.2 Å². The van der Waals surface area contributed by atoms with E-state index >= 15 is 0 Å². The fourth-order valence-corrected chi connectivity index (χ4v) is 4.59. The van der Waals surface area contributed by atoms with E-state index in [9.17, 15) is 18.0 Å². The first-order valence-electron chi connectivity index (χ1n) is 11.0. The normalized spacial score (nSPS) is 18.5. The highest BCUT2D eigenvalue weighted by atomic mass is 19.4. The summed E-state index contributed by atoms with van der Waals surface area (Å²) in [7, 11) is 0. The number of carbonyl (C=O) groups is 1. The Hall–Kier alpha value is -3.14. The average molecular weight is 464 g/mol. The second kappa shape index (κ2) is 9.38. The molecular weight excluding hydrogens is 437 g/mol. The van der Waals surface area contributed by atoms with Crippen molar-refractivity contribution < 1.29 is 27.8 Å². The lowest BCUT2D eigenvalue weighted by Gasteiger charge is -2.41. The number of ether oxygens (including phenoxy) is 1. The largest absolute Gasteiger partial charge is 0.573 e. The summed E-state index contributed by atoms with van der Waals surface area (Å²) >= 11 is 0. The Morgan fingerprint density at radius 3 is 2.48 bits per heavy atom. The molecule has 2 aliphatic rings. The zero-order chi connectivity index (χ0) is 23.6. The molecule has 10 heteroatoms. The van der Waals surface area contributed by atoms with Crippen LogP contribution in [0.1, 0.15) is 44.1 Å². The van der Waals surface area contributed by atoms with Gasteiger partial charge in [-0.25, -0.2) is 5.84 Å². The highest BCUT2D eigenvalue weighted by molar-refractivity contribution is 5.79. The molecule has 4 N–H and O–H groups in total. The fraction of sp³-hybridized carbons (Fsp3) is 0.435. The van der Waals surface area contributed by atoms with E-state index in [2.05, 4.69) is 15.0 Å². The lowest BCUT2D eigenvalue weighted by Crippen LogP contribution is -2.57. The van der Waals surface area contributed by atoms with Gasteiger partial charge < -0.3 is 20.1 Å². The molecule has 0 bridgehead atoms. The third-order valence-corrected chi connectivity index (χ3v) is 6.11. The molecule has 1 aliphatic heterocycles. The number of rotatable bonds is 7. The molecule has 0 radical (unpaired) electrons. The number of fused-ring (bicyclic) bond motifs is 1. The van der Waals surface area contributed by atoms with E-state index in [0.717, 1.165) is 42.6 Å². The van der Waals surface area contributed by atoms with Gasteiger partial charge in [0.05, 0.1) is 17.1 Å². The lowest BCUT2D eigenvalue weighted by atomic mass is 9.94. The van der Waals surface area contributed by atoms with Crippen molar-refractivity contribution in [2.75, 3.05) is 15.2 Å². The van der Waals surface area contributed by atoms with Gasteiger partial charge in [0, 0.05) is 12.5 Å². The van der Waals surface area contributed by atoms with Crippen LogP contribution in [0.2, 0.25) is 0 Å². The fourth-order valence-electron chi connectivity index (χ4n) is 4.59. The summed E-state index contributed by atoms with van der Waals surface area (Å²) in [6.45, 7) is 0. The van der Waals surface area contributed by atoms with E-state index in [4.69, 9.17) is 10.9 Å². The van der Waals surface area contributed by atoms with E-state index < -0.39 is 18.6 Å². The van der Waals surface area contributed by atoms with E-state index in [1.54, 1.807) is 0 Å². The van der Waals surface area contributed by atoms with Crippen molar-refractivity contribution in [3.63, 3.8) is 0 Å². The molecule has 7 nitrogen and oxygen atoms in total. The van der Waals surface area contributed by atoms with E-state index in [1.165, 1.54) is 35.7 Å². The molecule has 33 heavy (non-hydrogen) atoms. The minimum Gasteiger partial charge on any atom is -0.481 e. The van der Waals surface area contributed by atoms with Gasteiger partial charge in [-0.2, -0.15) is 0 Å². The maximum absolute atomic E-state index is 12.5. The van der Waals surface area contributed by atoms with Gasteiger partial charge in [-0.05, 0) is 61.2 Å². The number of aryl methyl sites for hydroxylation is 1. The molecule has 4 rings (SSSR count). The van der Waals surface area contributed by atoms with Crippen LogP contribution in [0.4, 0.5) is 30.2 Å². The van der Waals surface area contributed by atoms with E-state index in [0.29, 0.717) is 12.1 Å². The molecule has 0 saturated heterocycles. The minimum atomic E-state index is -4.76. The number of hydrazine groups is 1. The van der Waals surface area contributed by atoms with Crippen molar-refractivity contribution >= 4 is 23.0 Å². The van der Waals surface area contributed by atoms with Crippen molar-refractivity contribution in [3.8, 4) is 5.75 Å². The Morgan fingerprint density at radius 2 is 1.85 bits per heavy atom. The van der Waals surface area contributed by atoms with Crippen LogP contribution in [0.15, 0.2) is 42.5 Å². The average Bonchev–Trinajstić information content (AvgIpc) is 3.16. The Bertz CT molecular complexity index is 978. The number of hydrogen-bond acceptors (Lipinski definition) is 6. The number of nitrogens with one attached hydrogen (secondary N) is 1. The summed E-state index contributed by atoms with van der Waals surface area (Å²) in [5.41, 5.74) is 3.28. The van der Waals surface area contributed by atoms with Crippen molar-refractivity contribution in [1.29, 1.82) is 0 Å². The molecule has 1 saturated carbocycles. The molecule has 1 aliphatic carbocycles. The minimum absolute atomic E-state index is 0.0455. The quantitative estimate of drug-likeness (QED) is 0.399. The van der Waals surface area contributed by atoms with Crippen LogP contribution in [0, 0.1) is 0 Å². The summed E-state index contributed by atoms with van der Waals surface area (Å²) in [5, 5.41) is 13.9. The number of benzene rings is 2. The number of carboxylic acids is 1. The van der Waals surface area contributed by atoms with Crippen LogP contribution < -0.4 is 25.8 Å². The lowest BCUT2D eigenvalue weighted by molar-refractivity contribution is -0.274. The number of anilines is 3. The van der Waals surface area contributed by atoms with Crippen molar-refractivity contribution in [1.82, 2.24) is 0 Å². The van der Waals surface area contributed by atoms with Crippen molar-refractivity contribution in [3.05, 3.63) is 48.0 Å². The standard InChI is InChI=1S/C23H27F3N4O3/c24-23(25,26)33-18-10-8-17(9-11-18)30(27)22-28-19-14-15(7-13-21(31)32)6-12-20(19)29(22)16-4-2-1-3-5-16/h6,8-12,14,16,22,28H,1-5,7,13,27H2,(H,31,32). The van der Waals surface area contributed by atoms with Crippen molar-refractivity contribution in [2.24, 2.45) is 5.84 Å². The van der Waals surface area contributed by atoms with Crippen LogP contribution in [0.25, 0.3) is 0 Å². The van der Waals surface area contributed by atoms with Crippen LogP contribution >= 0.6 is 0 Å².